The molecule has 1 atom stereocenters. The lowest BCUT2D eigenvalue weighted by Crippen LogP contribution is -2.16. The van der Waals surface area contributed by atoms with E-state index in [1.807, 2.05) is 0 Å². The van der Waals surface area contributed by atoms with Crippen molar-refractivity contribution in [3.63, 3.8) is 0 Å². The van der Waals surface area contributed by atoms with Gasteiger partial charge in [-0.2, -0.15) is 4.68 Å². The zero-order valence-corrected chi connectivity index (χ0v) is 9.69. The Morgan fingerprint density at radius 2 is 2.28 bits per heavy atom. The molecule has 0 aromatic carbocycles. The first-order chi connectivity index (χ1) is 8.38. The lowest BCUT2D eigenvalue weighted by atomic mass is 10.3. The largest absolute Gasteiger partial charge is 0.480 e. The zero-order valence-electron chi connectivity index (χ0n) is 9.69. The normalized spacial score (nSPS) is 11.9. The van der Waals surface area contributed by atoms with Crippen LogP contribution in [0, 0.1) is 10.1 Å². The highest BCUT2D eigenvalue weighted by Crippen LogP contribution is 2.19. The van der Waals surface area contributed by atoms with Crippen LogP contribution in [-0.2, 0) is 9.53 Å². The predicted molar refractivity (Wildman–Crippen MR) is 57.2 cm³/mol. The van der Waals surface area contributed by atoms with Gasteiger partial charge in [-0.25, -0.2) is 9.59 Å². The molecule has 9 nitrogen and oxygen atoms in total. The van der Waals surface area contributed by atoms with Crippen molar-refractivity contribution in [3.05, 3.63) is 21.9 Å². The molecule has 0 radical (unpaired) electrons. The summed E-state index contributed by atoms with van der Waals surface area (Å²) in [5.41, 5.74) is -0.366. The van der Waals surface area contributed by atoms with Crippen molar-refractivity contribution in [3.8, 4) is 0 Å². The van der Waals surface area contributed by atoms with Crippen LogP contribution in [0.2, 0.25) is 0 Å². The third-order valence-corrected chi connectivity index (χ3v) is 2.13. The molecule has 18 heavy (non-hydrogen) atoms. The van der Waals surface area contributed by atoms with Crippen LogP contribution in [0.5, 0.6) is 0 Å². The van der Waals surface area contributed by atoms with Crippen LogP contribution in [0.3, 0.4) is 0 Å². The van der Waals surface area contributed by atoms with Crippen LogP contribution in [0.4, 0.5) is 5.82 Å². The molecule has 0 aliphatic heterocycles. The molecule has 0 fully saturated rings. The number of hydrogen-bond donors (Lipinski definition) is 1. The van der Waals surface area contributed by atoms with E-state index in [2.05, 4.69) is 9.84 Å². The Bertz CT molecular complexity index is 494. The highest BCUT2D eigenvalue weighted by molar-refractivity contribution is 5.93. The molecule has 1 N–H and O–H groups in total. The van der Waals surface area contributed by atoms with Crippen molar-refractivity contribution in [1.29, 1.82) is 0 Å². The van der Waals surface area contributed by atoms with Gasteiger partial charge in [0.2, 0.25) is 0 Å². The van der Waals surface area contributed by atoms with Crippen molar-refractivity contribution in [2.45, 2.75) is 19.9 Å². The van der Waals surface area contributed by atoms with Gasteiger partial charge in [0.05, 0.1) is 17.9 Å². The Balaban J connectivity index is 3.20. The summed E-state index contributed by atoms with van der Waals surface area (Å²) in [5.74, 6) is -2.85. The van der Waals surface area contributed by atoms with Crippen molar-refractivity contribution in [1.82, 2.24) is 9.78 Å². The maximum absolute atomic E-state index is 11.4. The molecule has 1 rings (SSSR count). The number of carboxylic acid groups (broad SMARTS) is 1. The summed E-state index contributed by atoms with van der Waals surface area (Å²) in [7, 11) is 0. The Kier molecular flexibility index (Phi) is 3.97. The Morgan fingerprint density at radius 3 is 2.72 bits per heavy atom. The smallest absolute Gasteiger partial charge is 0.404 e. The monoisotopic (exact) mass is 257 g/mol. The van der Waals surface area contributed by atoms with Gasteiger partial charge in [-0.3, -0.25) is 0 Å². The second kappa shape index (κ2) is 5.25. The number of nitrogens with zero attached hydrogens (tertiary/aromatic N) is 3. The minimum absolute atomic E-state index is 0.0512. The van der Waals surface area contributed by atoms with Crippen molar-refractivity contribution in [2.24, 2.45) is 0 Å². The van der Waals surface area contributed by atoms with Gasteiger partial charge in [0.25, 0.3) is 0 Å². The lowest BCUT2D eigenvalue weighted by molar-refractivity contribution is -0.390. The van der Waals surface area contributed by atoms with Crippen LogP contribution in [0.15, 0.2) is 6.20 Å². The average molecular weight is 257 g/mol. The number of hydrogen-bond acceptors (Lipinski definition) is 6. The van der Waals surface area contributed by atoms with E-state index in [1.165, 1.54) is 6.92 Å². The minimum Gasteiger partial charge on any atom is -0.480 e. The number of nitro groups is 1. The van der Waals surface area contributed by atoms with Gasteiger partial charge in [-0.1, -0.05) is 0 Å². The van der Waals surface area contributed by atoms with Crippen LogP contribution < -0.4 is 0 Å². The fraction of sp³-hybridized carbons (Fsp3) is 0.444. The van der Waals surface area contributed by atoms with Crippen LogP contribution >= 0.6 is 0 Å². The molecule has 0 spiro atoms. The topological polar surface area (TPSA) is 125 Å². The first-order valence-corrected chi connectivity index (χ1v) is 5.02. The molecule has 1 heterocycles. The van der Waals surface area contributed by atoms with E-state index >= 15 is 0 Å². The molecule has 1 aromatic rings. The summed E-state index contributed by atoms with van der Waals surface area (Å²) >= 11 is 0. The molecule has 0 unspecified atom stereocenters. The standard InChI is InChI=1S/C9H11N3O6/c1-3-18-9(15)6-4-11(5(2)8(13)14)10-7(6)12(16)17/h4-5H,3H2,1-2H3,(H,13,14)/t5-/m0/s1. The van der Waals surface area contributed by atoms with Crippen LogP contribution in [-0.4, -0.2) is 38.4 Å². The number of carboxylic acids is 1. The second-order valence-electron chi connectivity index (χ2n) is 3.34. The Morgan fingerprint density at radius 1 is 1.67 bits per heavy atom. The number of rotatable bonds is 5. The summed E-state index contributed by atoms with van der Waals surface area (Å²) in [5, 5.41) is 23.0. The molecule has 0 amide bonds. The predicted octanol–water partition coefficient (Wildman–Crippen LogP) is 0.614. The van der Waals surface area contributed by atoms with Gasteiger partial charge in [-0.15, -0.1) is 0 Å². The van der Waals surface area contributed by atoms with Gasteiger partial charge in [-0.05, 0) is 18.8 Å². The maximum atomic E-state index is 11.4. The van der Waals surface area contributed by atoms with E-state index < -0.39 is 28.7 Å². The minimum atomic E-state index is -1.22. The maximum Gasteiger partial charge on any atom is 0.404 e. The molecular weight excluding hydrogens is 246 g/mol. The Hall–Kier alpha value is -2.45. The average Bonchev–Trinajstić information content (AvgIpc) is 2.72. The van der Waals surface area contributed by atoms with Gasteiger partial charge in [0, 0.05) is 0 Å². The summed E-state index contributed by atoms with van der Waals surface area (Å²) < 4.78 is 5.47. The van der Waals surface area contributed by atoms with E-state index in [1.54, 1.807) is 6.92 Å². The number of aliphatic carboxylic acids is 1. The number of carbonyl (C=O) groups excluding carboxylic acids is 1. The first kappa shape index (κ1) is 13.6. The van der Waals surface area contributed by atoms with Crippen LogP contribution in [0.25, 0.3) is 0 Å². The SMILES string of the molecule is CCOC(=O)c1cn([C@@H](C)C(=O)O)nc1[N+](=O)[O-]. The Labute approximate surface area is 101 Å². The molecule has 1 aromatic heterocycles. The van der Waals surface area contributed by atoms with E-state index in [9.17, 15) is 19.7 Å². The number of carbonyl (C=O) groups is 2. The fourth-order valence-corrected chi connectivity index (χ4v) is 1.18. The van der Waals surface area contributed by atoms with E-state index in [0.717, 1.165) is 10.9 Å². The summed E-state index contributed by atoms with van der Waals surface area (Å²) in [4.78, 5) is 32.0. The van der Waals surface area contributed by atoms with E-state index in [0.29, 0.717) is 0 Å². The van der Waals surface area contributed by atoms with Gasteiger partial charge >= 0.3 is 17.8 Å². The molecule has 0 saturated heterocycles. The number of aromatic nitrogens is 2. The van der Waals surface area contributed by atoms with Crippen molar-refractivity contribution < 1.29 is 24.4 Å². The highest BCUT2D eigenvalue weighted by atomic mass is 16.6. The molecule has 0 saturated carbocycles. The summed E-state index contributed by atoms with van der Waals surface area (Å²) in [6.07, 6.45) is 0.995. The van der Waals surface area contributed by atoms with Gasteiger partial charge in [0.1, 0.15) is 0 Å². The molecule has 98 valence electrons. The molecule has 9 heteroatoms. The fourth-order valence-electron chi connectivity index (χ4n) is 1.18. The molecule has 0 aliphatic rings. The van der Waals surface area contributed by atoms with Gasteiger partial charge < -0.3 is 20.0 Å². The lowest BCUT2D eigenvalue weighted by Gasteiger charge is -2.00. The summed E-state index contributed by atoms with van der Waals surface area (Å²) in [6, 6.07) is -1.12. The molecular formula is C9H11N3O6. The third-order valence-electron chi connectivity index (χ3n) is 2.13. The number of esters is 1. The molecule has 0 aliphatic carbocycles. The van der Waals surface area contributed by atoms with Crippen molar-refractivity contribution >= 4 is 17.8 Å². The van der Waals surface area contributed by atoms with E-state index in [-0.39, 0.29) is 12.2 Å². The zero-order chi connectivity index (χ0) is 13.9. The number of ether oxygens (including phenoxy) is 1. The van der Waals surface area contributed by atoms with Crippen LogP contribution in [0.1, 0.15) is 30.2 Å². The van der Waals surface area contributed by atoms with Gasteiger partial charge in [0.15, 0.2) is 11.6 Å². The third kappa shape index (κ3) is 2.62. The quantitative estimate of drug-likeness (QED) is 0.465. The second-order valence-corrected chi connectivity index (χ2v) is 3.34. The summed E-state index contributed by atoms with van der Waals surface area (Å²) in [6.45, 7) is 2.89. The van der Waals surface area contributed by atoms with E-state index in [4.69, 9.17) is 5.11 Å². The molecule has 0 bridgehead atoms. The first-order valence-electron chi connectivity index (χ1n) is 5.02. The highest BCUT2D eigenvalue weighted by Gasteiger charge is 2.30. The van der Waals surface area contributed by atoms with Crippen molar-refractivity contribution in [2.75, 3.05) is 6.61 Å².